The molecular formula is C19H21N3O3. The van der Waals surface area contributed by atoms with Gasteiger partial charge >= 0.3 is 0 Å². The van der Waals surface area contributed by atoms with E-state index in [1.165, 1.54) is 6.33 Å². The summed E-state index contributed by atoms with van der Waals surface area (Å²) in [6.07, 6.45) is 2.44. The molecule has 0 aliphatic carbocycles. The topological polar surface area (TPSA) is 77.1 Å². The maximum atomic E-state index is 12.4. The molecule has 2 heterocycles. The molecule has 0 bridgehead atoms. The van der Waals surface area contributed by atoms with Gasteiger partial charge in [-0.1, -0.05) is 12.1 Å². The number of amides is 1. The number of hydrogen-bond donors (Lipinski definition) is 1. The minimum absolute atomic E-state index is 0.0663. The predicted molar refractivity (Wildman–Crippen MR) is 95.2 cm³/mol. The molecule has 1 unspecified atom stereocenters. The molecule has 0 saturated carbocycles. The van der Waals surface area contributed by atoms with Crippen molar-refractivity contribution in [1.29, 1.82) is 0 Å². The van der Waals surface area contributed by atoms with Crippen molar-refractivity contribution in [2.24, 2.45) is 0 Å². The quantitative estimate of drug-likeness (QED) is 0.749. The first-order chi connectivity index (χ1) is 12.0. The largest absolute Gasteiger partial charge is 0.464 e. The third kappa shape index (κ3) is 3.96. The number of aromatic nitrogens is 2. The molecule has 6 heteroatoms. The van der Waals surface area contributed by atoms with Crippen molar-refractivity contribution in [3.05, 3.63) is 64.6 Å². The Morgan fingerprint density at radius 3 is 2.84 bits per heavy atom. The van der Waals surface area contributed by atoms with Crippen molar-refractivity contribution in [3.8, 4) is 0 Å². The van der Waals surface area contributed by atoms with Crippen LogP contribution in [0.3, 0.4) is 0 Å². The number of para-hydroxylation sites is 1. The number of carbonyl (C=O) groups is 1. The Morgan fingerprint density at radius 1 is 1.28 bits per heavy atom. The molecule has 3 rings (SSSR count). The van der Waals surface area contributed by atoms with E-state index in [2.05, 4.69) is 10.3 Å². The fourth-order valence-corrected chi connectivity index (χ4v) is 2.75. The van der Waals surface area contributed by atoms with E-state index >= 15 is 0 Å². The average molecular weight is 339 g/mol. The number of nitrogens with zero attached hydrogens (tertiary/aromatic N) is 2. The molecule has 1 amide bonds. The van der Waals surface area contributed by atoms with Crippen LogP contribution in [-0.2, 0) is 11.3 Å². The van der Waals surface area contributed by atoms with E-state index < -0.39 is 0 Å². The summed E-state index contributed by atoms with van der Waals surface area (Å²) in [4.78, 5) is 28.7. The third-order valence-electron chi connectivity index (χ3n) is 4.10. The van der Waals surface area contributed by atoms with Crippen LogP contribution in [0, 0.1) is 6.92 Å². The molecule has 1 N–H and O–H groups in total. The summed E-state index contributed by atoms with van der Waals surface area (Å²) in [5, 5.41) is 3.50. The summed E-state index contributed by atoms with van der Waals surface area (Å²) in [7, 11) is 0. The predicted octanol–water partition coefficient (Wildman–Crippen LogP) is 2.96. The maximum Gasteiger partial charge on any atom is 0.261 e. The van der Waals surface area contributed by atoms with Crippen LogP contribution in [0.2, 0.25) is 0 Å². The van der Waals surface area contributed by atoms with E-state index in [0.717, 1.165) is 11.5 Å². The van der Waals surface area contributed by atoms with Gasteiger partial charge in [-0.15, -0.1) is 0 Å². The van der Waals surface area contributed by atoms with Crippen molar-refractivity contribution < 1.29 is 9.21 Å². The number of furan rings is 1. The Kier molecular flexibility index (Phi) is 4.97. The lowest BCUT2D eigenvalue weighted by molar-refractivity contribution is -0.122. The first-order valence-electron chi connectivity index (χ1n) is 8.34. The SMILES string of the molecule is Cc1ccc(C(C)NC(=O)CCCn2cnc3ccccc3c2=O)o1. The second-order valence-electron chi connectivity index (χ2n) is 6.10. The first-order valence-corrected chi connectivity index (χ1v) is 8.34. The first kappa shape index (κ1) is 17.0. The van der Waals surface area contributed by atoms with Gasteiger partial charge in [0.25, 0.3) is 5.56 Å². The number of nitrogens with one attached hydrogen (secondary N) is 1. The van der Waals surface area contributed by atoms with Gasteiger partial charge < -0.3 is 9.73 Å². The number of rotatable bonds is 6. The molecule has 0 fully saturated rings. The Balaban J connectivity index is 1.55. The zero-order valence-electron chi connectivity index (χ0n) is 14.4. The van der Waals surface area contributed by atoms with E-state index in [1.54, 1.807) is 10.6 Å². The van der Waals surface area contributed by atoms with Crippen LogP contribution in [0.15, 0.2) is 51.9 Å². The fraction of sp³-hybridized carbons (Fsp3) is 0.316. The van der Waals surface area contributed by atoms with E-state index in [4.69, 9.17) is 4.42 Å². The number of fused-ring (bicyclic) bond motifs is 1. The molecule has 25 heavy (non-hydrogen) atoms. The van der Waals surface area contributed by atoms with Crippen molar-refractivity contribution in [2.75, 3.05) is 0 Å². The molecule has 0 aliphatic heterocycles. The van der Waals surface area contributed by atoms with E-state index in [1.807, 2.05) is 44.2 Å². The van der Waals surface area contributed by atoms with Gasteiger partial charge in [0, 0.05) is 13.0 Å². The minimum Gasteiger partial charge on any atom is -0.464 e. The number of aryl methyl sites for hydroxylation is 2. The summed E-state index contributed by atoms with van der Waals surface area (Å²) in [6.45, 7) is 4.21. The highest BCUT2D eigenvalue weighted by Crippen LogP contribution is 2.15. The molecule has 6 nitrogen and oxygen atoms in total. The minimum atomic E-state index is -0.175. The summed E-state index contributed by atoms with van der Waals surface area (Å²) in [5.74, 6) is 1.49. The van der Waals surface area contributed by atoms with Crippen molar-refractivity contribution in [2.45, 2.75) is 39.3 Å². The third-order valence-corrected chi connectivity index (χ3v) is 4.10. The zero-order chi connectivity index (χ0) is 17.8. The summed E-state index contributed by atoms with van der Waals surface area (Å²) in [5.41, 5.74) is 0.606. The highest BCUT2D eigenvalue weighted by molar-refractivity contribution is 5.77. The molecule has 0 aliphatic rings. The van der Waals surface area contributed by atoms with Crippen molar-refractivity contribution in [1.82, 2.24) is 14.9 Å². The van der Waals surface area contributed by atoms with Gasteiger partial charge in [0.05, 0.1) is 23.3 Å². The highest BCUT2D eigenvalue weighted by atomic mass is 16.3. The highest BCUT2D eigenvalue weighted by Gasteiger charge is 2.12. The molecule has 3 aromatic rings. The number of carbonyl (C=O) groups excluding carboxylic acids is 1. The van der Waals surface area contributed by atoms with Crippen molar-refractivity contribution >= 4 is 16.8 Å². The van der Waals surface area contributed by atoms with Gasteiger partial charge in [-0.3, -0.25) is 14.2 Å². The lowest BCUT2D eigenvalue weighted by Gasteiger charge is -2.12. The van der Waals surface area contributed by atoms with Crippen LogP contribution in [0.4, 0.5) is 0 Å². The van der Waals surface area contributed by atoms with E-state index in [9.17, 15) is 9.59 Å². The average Bonchev–Trinajstić information content (AvgIpc) is 3.04. The molecular weight excluding hydrogens is 318 g/mol. The standard InChI is InChI=1S/C19H21N3O3/c1-13-9-10-17(25-13)14(2)21-18(23)8-5-11-22-12-20-16-7-4-3-6-15(16)19(22)24/h3-4,6-7,9-10,12,14H,5,8,11H2,1-2H3,(H,21,23). The van der Waals surface area contributed by atoms with Crippen LogP contribution in [0.1, 0.15) is 37.3 Å². The summed E-state index contributed by atoms with van der Waals surface area (Å²) < 4.78 is 7.06. The normalized spacial score (nSPS) is 12.2. The van der Waals surface area contributed by atoms with Gasteiger partial charge in [0.15, 0.2) is 0 Å². The lowest BCUT2D eigenvalue weighted by Crippen LogP contribution is -2.27. The Morgan fingerprint density at radius 2 is 2.08 bits per heavy atom. The van der Waals surface area contributed by atoms with Gasteiger partial charge in [0.2, 0.25) is 5.91 Å². The molecule has 2 aromatic heterocycles. The molecule has 0 saturated heterocycles. The number of benzene rings is 1. The van der Waals surface area contributed by atoms with Gasteiger partial charge in [0.1, 0.15) is 11.5 Å². The Labute approximate surface area is 145 Å². The Bertz CT molecular complexity index is 942. The van der Waals surface area contributed by atoms with Crippen LogP contribution >= 0.6 is 0 Å². The molecule has 1 atom stereocenters. The van der Waals surface area contributed by atoms with Gasteiger partial charge in [-0.25, -0.2) is 4.98 Å². The molecule has 0 spiro atoms. The van der Waals surface area contributed by atoms with Gasteiger partial charge in [-0.05, 0) is 44.5 Å². The molecule has 130 valence electrons. The molecule has 0 radical (unpaired) electrons. The monoisotopic (exact) mass is 339 g/mol. The lowest BCUT2D eigenvalue weighted by atomic mass is 10.2. The zero-order valence-corrected chi connectivity index (χ0v) is 14.4. The van der Waals surface area contributed by atoms with Crippen LogP contribution in [0.25, 0.3) is 10.9 Å². The number of hydrogen-bond acceptors (Lipinski definition) is 4. The van der Waals surface area contributed by atoms with Crippen LogP contribution in [-0.4, -0.2) is 15.5 Å². The summed E-state index contributed by atoms with van der Waals surface area (Å²) in [6, 6.07) is 10.8. The van der Waals surface area contributed by atoms with Crippen LogP contribution < -0.4 is 10.9 Å². The maximum absolute atomic E-state index is 12.4. The molecule has 1 aromatic carbocycles. The van der Waals surface area contributed by atoms with E-state index in [-0.39, 0.29) is 17.5 Å². The van der Waals surface area contributed by atoms with Crippen molar-refractivity contribution in [3.63, 3.8) is 0 Å². The Hall–Kier alpha value is -2.89. The van der Waals surface area contributed by atoms with Gasteiger partial charge in [-0.2, -0.15) is 0 Å². The second-order valence-corrected chi connectivity index (χ2v) is 6.10. The second kappa shape index (κ2) is 7.34. The van der Waals surface area contributed by atoms with E-state index in [0.29, 0.717) is 30.3 Å². The van der Waals surface area contributed by atoms with Crippen LogP contribution in [0.5, 0.6) is 0 Å². The fourth-order valence-electron chi connectivity index (χ4n) is 2.75. The smallest absolute Gasteiger partial charge is 0.261 e. The summed E-state index contributed by atoms with van der Waals surface area (Å²) >= 11 is 0.